The minimum atomic E-state index is -0.928. The Morgan fingerprint density at radius 1 is 1.24 bits per heavy atom. The lowest BCUT2D eigenvalue weighted by atomic mass is 10.2. The van der Waals surface area contributed by atoms with Crippen LogP contribution in [0.1, 0.15) is 25.7 Å². The highest BCUT2D eigenvalue weighted by Crippen LogP contribution is 2.30. The van der Waals surface area contributed by atoms with Gasteiger partial charge in [0.1, 0.15) is 6.54 Å². The number of carbonyl (C=O) groups excluding carboxylic acids is 1. The zero-order valence-corrected chi connectivity index (χ0v) is 12.8. The number of carboxylic acid groups (broad SMARTS) is 1. The lowest BCUT2D eigenvalue weighted by Gasteiger charge is -2.20. The van der Waals surface area contributed by atoms with E-state index in [-0.39, 0.29) is 12.5 Å². The average Bonchev–Trinajstić information content (AvgIpc) is 3.27. The smallest absolute Gasteiger partial charge is 0.323 e. The fourth-order valence-corrected chi connectivity index (χ4v) is 2.99. The summed E-state index contributed by atoms with van der Waals surface area (Å²) in [6.07, 6.45) is 3.44. The number of nitrogens with zero attached hydrogens (tertiary/aromatic N) is 1. The van der Waals surface area contributed by atoms with Crippen molar-refractivity contribution < 1.29 is 14.7 Å². The monoisotopic (exact) mass is 307 g/mol. The molecule has 0 bridgehead atoms. The maximum atomic E-state index is 12.1. The number of rotatable bonds is 9. The lowest BCUT2D eigenvalue weighted by molar-refractivity contribution is -0.144. The van der Waals surface area contributed by atoms with Gasteiger partial charge in [0.15, 0.2) is 0 Å². The van der Waals surface area contributed by atoms with Crippen LogP contribution < -0.4 is 0 Å². The normalized spacial score (nSPS) is 13.9. The molecular formula is C16H21NO3S. The first kappa shape index (κ1) is 15.9. The van der Waals surface area contributed by atoms with Gasteiger partial charge in [-0.2, -0.15) is 0 Å². The van der Waals surface area contributed by atoms with Crippen molar-refractivity contribution in [2.24, 2.45) is 5.92 Å². The van der Waals surface area contributed by atoms with Crippen LogP contribution in [0, 0.1) is 5.92 Å². The van der Waals surface area contributed by atoms with E-state index in [0.717, 1.165) is 25.0 Å². The summed E-state index contributed by atoms with van der Waals surface area (Å²) in [6.45, 7) is 0.443. The Balaban J connectivity index is 1.69. The fourth-order valence-electron chi connectivity index (χ4n) is 2.12. The van der Waals surface area contributed by atoms with Crippen molar-refractivity contribution >= 4 is 23.6 Å². The van der Waals surface area contributed by atoms with E-state index in [1.54, 1.807) is 11.8 Å². The molecule has 1 N–H and O–H groups in total. The number of carboxylic acids is 1. The summed E-state index contributed by atoms with van der Waals surface area (Å²) in [5, 5.41) is 8.89. The van der Waals surface area contributed by atoms with Crippen LogP contribution >= 0.6 is 11.8 Å². The van der Waals surface area contributed by atoms with Crippen molar-refractivity contribution in [3.8, 4) is 0 Å². The standard InChI is InChI=1S/C16H21NO3S/c18-15(17(12-16(19)20)11-13-8-9-13)7-4-10-21-14-5-2-1-3-6-14/h1-3,5-6,13H,4,7-12H2,(H,19,20). The predicted octanol–water partition coefficient (Wildman–Crippen LogP) is 2.88. The SMILES string of the molecule is O=C(O)CN(CC1CC1)C(=O)CCCSc1ccccc1. The summed E-state index contributed by atoms with van der Waals surface area (Å²) in [6, 6.07) is 10.1. The Hall–Kier alpha value is -1.49. The Morgan fingerprint density at radius 3 is 2.57 bits per heavy atom. The van der Waals surface area contributed by atoms with Gasteiger partial charge in [0.05, 0.1) is 0 Å². The molecule has 0 heterocycles. The van der Waals surface area contributed by atoms with E-state index in [0.29, 0.717) is 18.9 Å². The molecule has 0 spiro atoms. The second kappa shape index (κ2) is 8.08. The largest absolute Gasteiger partial charge is 0.480 e. The molecule has 0 atom stereocenters. The van der Waals surface area contributed by atoms with Crippen molar-refractivity contribution in [2.45, 2.75) is 30.6 Å². The second-order valence-corrected chi connectivity index (χ2v) is 6.54. The van der Waals surface area contributed by atoms with Crippen LogP contribution in [0.5, 0.6) is 0 Å². The van der Waals surface area contributed by atoms with Gasteiger partial charge >= 0.3 is 5.97 Å². The van der Waals surface area contributed by atoms with Crippen molar-refractivity contribution in [1.29, 1.82) is 0 Å². The number of thioether (sulfide) groups is 1. The number of hydrogen-bond donors (Lipinski definition) is 1. The molecule has 2 rings (SSSR count). The number of benzene rings is 1. The highest BCUT2D eigenvalue weighted by Gasteiger charge is 2.27. The minimum absolute atomic E-state index is 0.0297. The number of amides is 1. The van der Waals surface area contributed by atoms with Crippen molar-refractivity contribution in [1.82, 2.24) is 4.90 Å². The molecule has 1 aliphatic carbocycles. The Labute approximate surface area is 129 Å². The number of carbonyl (C=O) groups is 2. The predicted molar refractivity (Wildman–Crippen MR) is 83.3 cm³/mol. The van der Waals surface area contributed by atoms with Crippen molar-refractivity contribution in [3.05, 3.63) is 30.3 Å². The van der Waals surface area contributed by atoms with Crippen LogP contribution in [-0.4, -0.2) is 40.7 Å². The summed E-state index contributed by atoms with van der Waals surface area (Å²) in [7, 11) is 0. The van der Waals surface area contributed by atoms with E-state index in [9.17, 15) is 9.59 Å². The van der Waals surface area contributed by atoms with Crippen LogP contribution in [0.4, 0.5) is 0 Å². The Kier molecular flexibility index (Phi) is 6.11. The highest BCUT2D eigenvalue weighted by molar-refractivity contribution is 7.99. The molecule has 1 amide bonds. The lowest BCUT2D eigenvalue weighted by Crippen LogP contribution is -2.37. The first-order chi connectivity index (χ1) is 10.1. The Bertz CT molecular complexity index is 474. The van der Waals surface area contributed by atoms with Gasteiger partial charge in [-0.1, -0.05) is 18.2 Å². The van der Waals surface area contributed by atoms with Gasteiger partial charge in [0.2, 0.25) is 5.91 Å². The molecule has 0 saturated heterocycles. The molecule has 1 aliphatic rings. The maximum absolute atomic E-state index is 12.1. The topological polar surface area (TPSA) is 57.6 Å². The van der Waals surface area contributed by atoms with E-state index in [1.807, 2.05) is 18.2 Å². The van der Waals surface area contributed by atoms with Gasteiger partial charge < -0.3 is 10.0 Å². The van der Waals surface area contributed by atoms with Gasteiger partial charge in [0.25, 0.3) is 0 Å². The molecule has 1 aromatic carbocycles. The number of aliphatic carboxylic acids is 1. The minimum Gasteiger partial charge on any atom is -0.480 e. The van der Waals surface area contributed by atoms with Gasteiger partial charge in [-0.15, -0.1) is 11.8 Å². The number of hydrogen-bond acceptors (Lipinski definition) is 3. The highest BCUT2D eigenvalue weighted by atomic mass is 32.2. The van der Waals surface area contributed by atoms with Crippen molar-refractivity contribution in [2.75, 3.05) is 18.8 Å². The van der Waals surface area contributed by atoms with Crippen LogP contribution in [-0.2, 0) is 9.59 Å². The molecule has 1 fully saturated rings. The molecule has 0 radical (unpaired) electrons. The van der Waals surface area contributed by atoms with E-state index in [4.69, 9.17) is 5.11 Å². The first-order valence-corrected chi connectivity index (χ1v) is 8.31. The summed E-state index contributed by atoms with van der Waals surface area (Å²) >= 11 is 1.73. The second-order valence-electron chi connectivity index (χ2n) is 5.38. The van der Waals surface area contributed by atoms with E-state index < -0.39 is 5.97 Å². The maximum Gasteiger partial charge on any atom is 0.323 e. The van der Waals surface area contributed by atoms with E-state index in [1.165, 1.54) is 9.80 Å². The molecule has 0 aromatic heterocycles. The molecule has 114 valence electrons. The Morgan fingerprint density at radius 2 is 1.95 bits per heavy atom. The molecule has 0 aliphatic heterocycles. The molecule has 0 unspecified atom stereocenters. The molecule has 5 heteroatoms. The molecule has 4 nitrogen and oxygen atoms in total. The van der Waals surface area contributed by atoms with Gasteiger partial charge in [-0.25, -0.2) is 0 Å². The zero-order chi connectivity index (χ0) is 15.1. The first-order valence-electron chi connectivity index (χ1n) is 7.32. The van der Waals surface area contributed by atoms with Gasteiger partial charge in [0, 0.05) is 17.9 Å². The molecule has 21 heavy (non-hydrogen) atoms. The van der Waals surface area contributed by atoms with Gasteiger partial charge in [-0.05, 0) is 43.1 Å². The van der Waals surface area contributed by atoms with Gasteiger partial charge in [-0.3, -0.25) is 9.59 Å². The third kappa shape index (κ3) is 6.21. The third-order valence-corrected chi connectivity index (χ3v) is 4.50. The summed E-state index contributed by atoms with van der Waals surface area (Å²) < 4.78 is 0. The summed E-state index contributed by atoms with van der Waals surface area (Å²) in [5.74, 6) is 0.438. The average molecular weight is 307 g/mol. The molecule has 1 aromatic rings. The quantitative estimate of drug-likeness (QED) is 0.563. The fraction of sp³-hybridized carbons (Fsp3) is 0.500. The molecule has 1 saturated carbocycles. The van der Waals surface area contributed by atoms with E-state index >= 15 is 0 Å². The third-order valence-electron chi connectivity index (χ3n) is 3.40. The van der Waals surface area contributed by atoms with Crippen molar-refractivity contribution in [3.63, 3.8) is 0 Å². The van der Waals surface area contributed by atoms with Crippen LogP contribution in [0.3, 0.4) is 0 Å². The zero-order valence-electron chi connectivity index (χ0n) is 12.0. The van der Waals surface area contributed by atoms with Crippen LogP contribution in [0.2, 0.25) is 0 Å². The molecular weight excluding hydrogens is 286 g/mol. The van der Waals surface area contributed by atoms with E-state index in [2.05, 4.69) is 12.1 Å². The van der Waals surface area contributed by atoms with Crippen LogP contribution in [0.25, 0.3) is 0 Å². The summed E-state index contributed by atoms with van der Waals surface area (Å²) in [5.41, 5.74) is 0. The van der Waals surface area contributed by atoms with Crippen LogP contribution in [0.15, 0.2) is 35.2 Å². The summed E-state index contributed by atoms with van der Waals surface area (Å²) in [4.78, 5) is 25.6.